The molecule has 3 rings (SSSR count). The van der Waals surface area contributed by atoms with Crippen molar-refractivity contribution in [2.45, 2.75) is 51.1 Å². The lowest BCUT2D eigenvalue weighted by atomic mass is 9.78. The highest BCUT2D eigenvalue weighted by Gasteiger charge is 2.32. The minimum Gasteiger partial charge on any atom is -0.476 e. The summed E-state index contributed by atoms with van der Waals surface area (Å²) in [5.74, 6) is -0.135. The highest BCUT2D eigenvalue weighted by molar-refractivity contribution is 5.84. The molecule has 2 unspecified atom stereocenters. The fourth-order valence-electron chi connectivity index (χ4n) is 3.74. The van der Waals surface area contributed by atoms with Crippen LogP contribution in [0.4, 0.5) is 0 Å². The summed E-state index contributed by atoms with van der Waals surface area (Å²) in [5.41, 5.74) is 0.0270. The van der Waals surface area contributed by atoms with Crippen LogP contribution >= 0.6 is 0 Å². The summed E-state index contributed by atoms with van der Waals surface area (Å²) >= 11 is 0. The molecule has 2 fully saturated rings. The molecule has 2 aliphatic rings. The first-order valence-electron chi connectivity index (χ1n) is 7.61. The van der Waals surface area contributed by atoms with Gasteiger partial charge in [-0.25, -0.2) is 4.79 Å². The molecule has 1 aliphatic carbocycles. The molecule has 1 saturated heterocycles. The molecule has 20 heavy (non-hydrogen) atoms. The van der Waals surface area contributed by atoms with E-state index in [4.69, 9.17) is 5.11 Å². The molecular formula is C14H22N4O2. The molecule has 0 amide bonds. The van der Waals surface area contributed by atoms with Crippen LogP contribution in [0, 0.1) is 5.92 Å². The second kappa shape index (κ2) is 5.91. The SMILES string of the molecule is O=C(O)c1cn(CCN2CCCC3CCCCC32)nn1. The van der Waals surface area contributed by atoms with E-state index in [0.717, 1.165) is 25.0 Å². The first-order chi connectivity index (χ1) is 9.74. The summed E-state index contributed by atoms with van der Waals surface area (Å²) in [6, 6.07) is 0.736. The van der Waals surface area contributed by atoms with Crippen LogP contribution in [0.3, 0.4) is 0 Å². The summed E-state index contributed by atoms with van der Waals surface area (Å²) in [6.45, 7) is 2.84. The Morgan fingerprint density at radius 2 is 2.05 bits per heavy atom. The number of aromatic nitrogens is 3. The van der Waals surface area contributed by atoms with E-state index in [1.807, 2.05) is 0 Å². The van der Waals surface area contributed by atoms with Crippen LogP contribution in [0.5, 0.6) is 0 Å². The Morgan fingerprint density at radius 3 is 2.85 bits per heavy atom. The second-order valence-corrected chi connectivity index (χ2v) is 5.96. The van der Waals surface area contributed by atoms with Gasteiger partial charge in [-0.15, -0.1) is 5.10 Å². The minimum atomic E-state index is -1.01. The van der Waals surface area contributed by atoms with Crippen LogP contribution in [0.1, 0.15) is 49.0 Å². The predicted molar refractivity (Wildman–Crippen MR) is 73.5 cm³/mol. The van der Waals surface area contributed by atoms with Gasteiger partial charge < -0.3 is 5.11 Å². The molecule has 2 atom stereocenters. The number of piperidine rings is 1. The van der Waals surface area contributed by atoms with Gasteiger partial charge in [0.25, 0.3) is 0 Å². The maximum atomic E-state index is 10.8. The largest absolute Gasteiger partial charge is 0.476 e. The zero-order valence-corrected chi connectivity index (χ0v) is 11.7. The number of rotatable bonds is 4. The van der Waals surface area contributed by atoms with Crippen molar-refractivity contribution in [3.8, 4) is 0 Å². The van der Waals surface area contributed by atoms with Crippen LogP contribution in [-0.2, 0) is 6.54 Å². The van der Waals surface area contributed by atoms with Crippen LogP contribution in [0.15, 0.2) is 6.20 Å². The van der Waals surface area contributed by atoms with E-state index < -0.39 is 5.97 Å². The molecular weight excluding hydrogens is 256 g/mol. The lowest BCUT2D eigenvalue weighted by molar-refractivity contribution is 0.0572. The Labute approximate surface area is 118 Å². The zero-order chi connectivity index (χ0) is 13.9. The van der Waals surface area contributed by atoms with Crippen molar-refractivity contribution >= 4 is 5.97 Å². The van der Waals surface area contributed by atoms with Crippen molar-refractivity contribution in [3.63, 3.8) is 0 Å². The van der Waals surface area contributed by atoms with Gasteiger partial charge in [-0.05, 0) is 38.1 Å². The van der Waals surface area contributed by atoms with Gasteiger partial charge in [-0.2, -0.15) is 0 Å². The Bertz CT molecular complexity index is 471. The molecule has 1 aromatic rings. The fraction of sp³-hybridized carbons (Fsp3) is 0.786. The topological polar surface area (TPSA) is 71.2 Å². The van der Waals surface area contributed by atoms with Gasteiger partial charge in [-0.3, -0.25) is 9.58 Å². The number of fused-ring (bicyclic) bond motifs is 1. The van der Waals surface area contributed by atoms with Gasteiger partial charge >= 0.3 is 5.97 Å². The average Bonchev–Trinajstić information content (AvgIpc) is 2.94. The Hall–Kier alpha value is -1.43. The number of likely N-dealkylation sites (tertiary alicyclic amines) is 1. The van der Waals surface area contributed by atoms with Crippen molar-refractivity contribution in [1.29, 1.82) is 0 Å². The smallest absolute Gasteiger partial charge is 0.358 e. The monoisotopic (exact) mass is 278 g/mol. The fourth-order valence-corrected chi connectivity index (χ4v) is 3.74. The second-order valence-electron chi connectivity index (χ2n) is 5.96. The molecule has 0 spiro atoms. The Balaban J connectivity index is 1.57. The molecule has 1 aromatic heterocycles. The van der Waals surface area contributed by atoms with Crippen LogP contribution in [0.25, 0.3) is 0 Å². The van der Waals surface area contributed by atoms with Gasteiger partial charge in [0.15, 0.2) is 5.69 Å². The molecule has 110 valence electrons. The summed E-state index contributed by atoms with van der Waals surface area (Å²) in [5, 5.41) is 16.4. The number of carboxylic acid groups (broad SMARTS) is 1. The maximum Gasteiger partial charge on any atom is 0.358 e. The molecule has 1 N–H and O–H groups in total. The first kappa shape index (κ1) is 13.5. The van der Waals surface area contributed by atoms with E-state index in [0.29, 0.717) is 0 Å². The number of nitrogens with zero attached hydrogens (tertiary/aromatic N) is 4. The standard InChI is InChI=1S/C14H22N4O2/c19-14(20)12-10-18(16-15-12)9-8-17-7-3-5-11-4-1-2-6-13(11)17/h10-11,13H,1-9H2,(H,19,20). The van der Waals surface area contributed by atoms with Crippen molar-refractivity contribution < 1.29 is 9.90 Å². The Morgan fingerprint density at radius 1 is 1.25 bits per heavy atom. The molecule has 1 aliphatic heterocycles. The van der Waals surface area contributed by atoms with E-state index in [1.54, 1.807) is 4.68 Å². The highest BCUT2D eigenvalue weighted by Crippen LogP contribution is 2.34. The van der Waals surface area contributed by atoms with Gasteiger partial charge in [0.2, 0.25) is 0 Å². The van der Waals surface area contributed by atoms with E-state index in [1.165, 1.54) is 51.3 Å². The predicted octanol–water partition coefficient (Wildman–Crippen LogP) is 1.63. The van der Waals surface area contributed by atoms with Crippen LogP contribution in [-0.4, -0.2) is 50.1 Å². The molecule has 1 saturated carbocycles. The molecule has 6 heteroatoms. The lowest BCUT2D eigenvalue weighted by Gasteiger charge is -2.44. The van der Waals surface area contributed by atoms with Gasteiger partial charge in [-0.1, -0.05) is 18.1 Å². The first-order valence-corrected chi connectivity index (χ1v) is 7.61. The third-order valence-corrected chi connectivity index (χ3v) is 4.73. The molecule has 0 bridgehead atoms. The van der Waals surface area contributed by atoms with Crippen LogP contribution in [0.2, 0.25) is 0 Å². The number of hydrogen-bond donors (Lipinski definition) is 1. The van der Waals surface area contributed by atoms with E-state index >= 15 is 0 Å². The summed E-state index contributed by atoms with van der Waals surface area (Å²) in [7, 11) is 0. The van der Waals surface area contributed by atoms with E-state index in [2.05, 4.69) is 15.2 Å². The quantitative estimate of drug-likeness (QED) is 0.906. The third-order valence-electron chi connectivity index (χ3n) is 4.73. The minimum absolute atomic E-state index is 0.0270. The van der Waals surface area contributed by atoms with Crippen molar-refractivity contribution in [3.05, 3.63) is 11.9 Å². The van der Waals surface area contributed by atoms with Gasteiger partial charge in [0.1, 0.15) is 0 Å². The average molecular weight is 278 g/mol. The van der Waals surface area contributed by atoms with E-state index in [-0.39, 0.29) is 5.69 Å². The molecule has 6 nitrogen and oxygen atoms in total. The summed E-state index contributed by atoms with van der Waals surface area (Å²) in [6.07, 6.45) is 9.64. The number of carbonyl (C=O) groups is 1. The maximum absolute atomic E-state index is 10.8. The normalized spacial score (nSPS) is 27.2. The third kappa shape index (κ3) is 2.85. The van der Waals surface area contributed by atoms with Gasteiger partial charge in [0.05, 0.1) is 12.7 Å². The summed E-state index contributed by atoms with van der Waals surface area (Å²) < 4.78 is 1.65. The molecule has 2 heterocycles. The lowest BCUT2D eigenvalue weighted by Crippen LogP contribution is -2.47. The highest BCUT2D eigenvalue weighted by atomic mass is 16.4. The van der Waals surface area contributed by atoms with Crippen molar-refractivity contribution in [1.82, 2.24) is 19.9 Å². The van der Waals surface area contributed by atoms with Crippen LogP contribution < -0.4 is 0 Å². The molecule has 0 radical (unpaired) electrons. The summed E-state index contributed by atoms with van der Waals surface area (Å²) in [4.78, 5) is 13.4. The van der Waals surface area contributed by atoms with E-state index in [9.17, 15) is 4.79 Å². The zero-order valence-electron chi connectivity index (χ0n) is 11.7. The number of hydrogen-bond acceptors (Lipinski definition) is 4. The number of carboxylic acids is 1. The van der Waals surface area contributed by atoms with Crippen molar-refractivity contribution in [2.75, 3.05) is 13.1 Å². The molecule has 0 aromatic carbocycles. The Kier molecular flexibility index (Phi) is 4.00. The number of aromatic carboxylic acids is 1. The van der Waals surface area contributed by atoms with Gasteiger partial charge in [0, 0.05) is 12.6 Å². The van der Waals surface area contributed by atoms with Crippen molar-refractivity contribution in [2.24, 2.45) is 5.92 Å².